The van der Waals surface area contributed by atoms with E-state index in [4.69, 9.17) is 5.11 Å². The third-order valence-corrected chi connectivity index (χ3v) is 1.25. The Morgan fingerprint density at radius 1 is 1.55 bits per heavy atom. The predicted molar refractivity (Wildman–Crippen MR) is 41.8 cm³/mol. The lowest BCUT2D eigenvalue weighted by atomic mass is 10.2. The number of aliphatic carboxylic acids is 1. The lowest BCUT2D eigenvalue weighted by Gasteiger charge is -1.92. The summed E-state index contributed by atoms with van der Waals surface area (Å²) in [5, 5.41) is 11.3. The van der Waals surface area contributed by atoms with Gasteiger partial charge in [0.05, 0.1) is 6.42 Å². The lowest BCUT2D eigenvalue weighted by Crippen LogP contribution is -1.95. The molecule has 0 bridgehead atoms. The van der Waals surface area contributed by atoms with Crippen molar-refractivity contribution in [3.05, 3.63) is 36.2 Å². The van der Waals surface area contributed by atoms with Gasteiger partial charge in [-0.05, 0) is 17.7 Å². The minimum absolute atomic E-state index is 0.0719. The molecule has 0 aromatic carbocycles. The maximum atomic E-state index is 10.3. The topological polar surface area (TPSA) is 49.3 Å². The van der Waals surface area contributed by atoms with Crippen molar-refractivity contribution >= 4 is 5.97 Å². The van der Waals surface area contributed by atoms with Crippen molar-refractivity contribution in [3.63, 3.8) is 0 Å². The number of carboxylic acid groups (broad SMARTS) is 1. The van der Waals surface area contributed by atoms with E-state index in [9.17, 15) is 4.79 Å². The summed E-state index contributed by atoms with van der Waals surface area (Å²) in [5.41, 5.74) is 0.791. The fraction of sp³-hybridized carbons (Fsp3) is 0.125. The van der Waals surface area contributed by atoms with Crippen LogP contribution < -0.4 is 5.32 Å². The van der Waals surface area contributed by atoms with E-state index in [1.807, 2.05) is 0 Å². The molecule has 1 heterocycles. The van der Waals surface area contributed by atoms with Crippen molar-refractivity contribution in [2.45, 2.75) is 6.42 Å². The molecule has 3 heteroatoms. The normalized spacial score (nSPS) is 15.1. The van der Waals surface area contributed by atoms with Crippen LogP contribution in [0, 0.1) is 0 Å². The van der Waals surface area contributed by atoms with Gasteiger partial charge in [-0.15, -0.1) is 0 Å². The molecule has 0 radical (unpaired) electrons. The molecule has 2 N–H and O–H groups in total. The zero-order chi connectivity index (χ0) is 8.10. The van der Waals surface area contributed by atoms with Gasteiger partial charge in [-0.1, -0.05) is 6.08 Å². The summed E-state index contributed by atoms with van der Waals surface area (Å²) in [6.07, 6.45) is 8.81. The van der Waals surface area contributed by atoms with Crippen LogP contribution in [0.4, 0.5) is 0 Å². The molecule has 0 amide bonds. The first-order valence-corrected chi connectivity index (χ1v) is 3.29. The van der Waals surface area contributed by atoms with E-state index < -0.39 is 5.97 Å². The van der Waals surface area contributed by atoms with E-state index in [1.165, 1.54) is 0 Å². The number of hydrogen-bond acceptors (Lipinski definition) is 2. The third-order valence-electron chi connectivity index (χ3n) is 1.25. The fourth-order valence-electron chi connectivity index (χ4n) is 0.786. The summed E-state index contributed by atoms with van der Waals surface area (Å²) in [6, 6.07) is 0. The molecule has 1 aliphatic heterocycles. The first-order valence-electron chi connectivity index (χ1n) is 3.29. The standard InChI is InChI=1S/C8H9NO2/c10-8(11)6-7-2-1-4-9-5-3-7/h1-5,9H,6H2,(H,10,11). The minimum Gasteiger partial charge on any atom is -0.481 e. The van der Waals surface area contributed by atoms with Crippen LogP contribution in [-0.2, 0) is 4.79 Å². The average Bonchev–Trinajstić information content (AvgIpc) is 2.14. The molecule has 0 spiro atoms. The second-order valence-corrected chi connectivity index (χ2v) is 2.17. The second-order valence-electron chi connectivity index (χ2n) is 2.17. The first kappa shape index (κ1) is 7.60. The summed E-state index contributed by atoms with van der Waals surface area (Å²) in [7, 11) is 0. The number of nitrogens with one attached hydrogen (secondary N) is 1. The van der Waals surface area contributed by atoms with Crippen LogP contribution in [0.15, 0.2) is 36.2 Å². The number of allylic oxidation sites excluding steroid dienone is 3. The summed E-state index contributed by atoms with van der Waals surface area (Å²) < 4.78 is 0. The summed E-state index contributed by atoms with van der Waals surface area (Å²) in [4.78, 5) is 10.3. The number of rotatable bonds is 2. The molecule has 58 valence electrons. The zero-order valence-electron chi connectivity index (χ0n) is 5.95. The van der Waals surface area contributed by atoms with E-state index in [0.29, 0.717) is 0 Å². The summed E-state index contributed by atoms with van der Waals surface area (Å²) in [6.45, 7) is 0. The molecule has 1 rings (SSSR count). The molecule has 0 atom stereocenters. The van der Waals surface area contributed by atoms with Gasteiger partial charge >= 0.3 is 5.97 Å². The maximum absolute atomic E-state index is 10.3. The molecule has 11 heavy (non-hydrogen) atoms. The Morgan fingerprint density at radius 3 is 3.09 bits per heavy atom. The Morgan fingerprint density at radius 2 is 2.36 bits per heavy atom. The van der Waals surface area contributed by atoms with Crippen molar-refractivity contribution in [2.24, 2.45) is 0 Å². The van der Waals surface area contributed by atoms with Crippen molar-refractivity contribution < 1.29 is 9.90 Å². The van der Waals surface area contributed by atoms with Crippen LogP contribution >= 0.6 is 0 Å². The predicted octanol–water partition coefficient (Wildman–Crippen LogP) is 1.02. The Kier molecular flexibility index (Phi) is 2.49. The fourth-order valence-corrected chi connectivity index (χ4v) is 0.786. The first-order chi connectivity index (χ1) is 5.29. The molecule has 3 nitrogen and oxygen atoms in total. The van der Waals surface area contributed by atoms with Crippen LogP contribution in [0.2, 0.25) is 0 Å². The lowest BCUT2D eigenvalue weighted by molar-refractivity contribution is -0.136. The number of hydrogen-bond donors (Lipinski definition) is 2. The van der Waals surface area contributed by atoms with Gasteiger partial charge in [0.1, 0.15) is 0 Å². The molecule has 0 unspecified atom stereocenters. The smallest absolute Gasteiger partial charge is 0.307 e. The van der Waals surface area contributed by atoms with Gasteiger partial charge in [-0.3, -0.25) is 4.79 Å². The molecule has 1 aliphatic rings. The van der Waals surface area contributed by atoms with E-state index in [2.05, 4.69) is 5.32 Å². The van der Waals surface area contributed by atoms with Crippen LogP contribution in [0.1, 0.15) is 6.42 Å². The summed E-state index contributed by atoms with van der Waals surface area (Å²) in [5.74, 6) is -0.809. The average molecular weight is 151 g/mol. The van der Waals surface area contributed by atoms with Crippen molar-refractivity contribution in [3.8, 4) is 0 Å². The molecule has 0 saturated heterocycles. The molecule has 0 aromatic rings. The van der Waals surface area contributed by atoms with Crippen molar-refractivity contribution in [1.29, 1.82) is 0 Å². The van der Waals surface area contributed by atoms with Gasteiger partial charge in [0, 0.05) is 12.4 Å². The number of carboxylic acids is 1. The van der Waals surface area contributed by atoms with Crippen molar-refractivity contribution in [2.75, 3.05) is 0 Å². The highest BCUT2D eigenvalue weighted by molar-refractivity contribution is 5.71. The highest BCUT2D eigenvalue weighted by atomic mass is 16.4. The molecule has 0 aromatic heterocycles. The van der Waals surface area contributed by atoms with E-state index in [1.54, 1.807) is 30.6 Å². The van der Waals surface area contributed by atoms with Gasteiger partial charge in [0.25, 0.3) is 0 Å². The Labute approximate surface area is 64.7 Å². The van der Waals surface area contributed by atoms with Gasteiger partial charge < -0.3 is 10.4 Å². The van der Waals surface area contributed by atoms with E-state index in [-0.39, 0.29) is 6.42 Å². The molecule has 0 saturated carbocycles. The highest BCUT2D eigenvalue weighted by Gasteiger charge is 1.99. The SMILES string of the molecule is O=C(O)CC1=CC=CNC=C1. The highest BCUT2D eigenvalue weighted by Crippen LogP contribution is 2.04. The second kappa shape index (κ2) is 3.61. The number of carbonyl (C=O) groups is 1. The van der Waals surface area contributed by atoms with E-state index in [0.717, 1.165) is 5.57 Å². The van der Waals surface area contributed by atoms with Gasteiger partial charge in [0.15, 0.2) is 0 Å². The van der Waals surface area contributed by atoms with Gasteiger partial charge in [-0.2, -0.15) is 0 Å². The Balaban J connectivity index is 2.62. The zero-order valence-corrected chi connectivity index (χ0v) is 5.95. The van der Waals surface area contributed by atoms with E-state index >= 15 is 0 Å². The quantitative estimate of drug-likeness (QED) is 0.619. The molecular weight excluding hydrogens is 142 g/mol. The molecule has 0 fully saturated rings. The third kappa shape index (κ3) is 2.71. The minimum atomic E-state index is -0.809. The van der Waals surface area contributed by atoms with Gasteiger partial charge in [0.2, 0.25) is 0 Å². The summed E-state index contributed by atoms with van der Waals surface area (Å²) >= 11 is 0. The van der Waals surface area contributed by atoms with Crippen molar-refractivity contribution in [1.82, 2.24) is 5.32 Å². The Bertz CT molecular complexity index is 238. The van der Waals surface area contributed by atoms with Crippen LogP contribution in [-0.4, -0.2) is 11.1 Å². The van der Waals surface area contributed by atoms with Crippen LogP contribution in [0.3, 0.4) is 0 Å². The Hall–Kier alpha value is -1.51. The molecule has 0 aliphatic carbocycles. The maximum Gasteiger partial charge on any atom is 0.307 e. The monoisotopic (exact) mass is 151 g/mol. The largest absolute Gasteiger partial charge is 0.481 e. The molecular formula is C8H9NO2. The van der Waals surface area contributed by atoms with Gasteiger partial charge in [-0.25, -0.2) is 0 Å². The van der Waals surface area contributed by atoms with Crippen LogP contribution in [0.5, 0.6) is 0 Å². The van der Waals surface area contributed by atoms with Crippen LogP contribution in [0.25, 0.3) is 0 Å².